The zero-order valence-corrected chi connectivity index (χ0v) is 30.1. The second kappa shape index (κ2) is 21.8. The molecule has 2 atom stereocenters. The van der Waals surface area contributed by atoms with Crippen LogP contribution in [0.4, 0.5) is 0 Å². The standard InChI is InChI=1S/C37H55N5O8/c1-6-27(3)36(49)32(22-29-11-9-8-10-12-29)38-37(50)30-13-14-31(28(4)21-30)23-40(7-2)17-18-42(26-35(47)48)20-19-41(25-34(45)46)16-15-39(5)24-33(43)44/h8-14,21,27,32H,6-7,15-20,22-26H2,1-5H3,(H,38,50)(H,43,44)(H,45,46)(H,47,48). The number of benzene rings is 2. The van der Waals surface area contributed by atoms with Gasteiger partial charge in [0.15, 0.2) is 5.78 Å². The molecular formula is C37H55N5O8. The first-order valence-corrected chi connectivity index (χ1v) is 17.2. The summed E-state index contributed by atoms with van der Waals surface area (Å²) in [5.74, 6) is -3.45. The lowest BCUT2D eigenvalue weighted by Gasteiger charge is -2.29. The van der Waals surface area contributed by atoms with Crippen molar-refractivity contribution in [3.8, 4) is 0 Å². The number of carboxylic acids is 3. The quantitative estimate of drug-likeness (QED) is 0.120. The van der Waals surface area contributed by atoms with E-state index < -0.39 is 23.9 Å². The van der Waals surface area contributed by atoms with Crippen molar-refractivity contribution in [3.05, 3.63) is 70.8 Å². The molecule has 2 aromatic carbocycles. The molecule has 13 nitrogen and oxygen atoms in total. The number of Topliss-reactive ketones (excluding diaryl/α,β-unsaturated/α-hetero) is 1. The largest absolute Gasteiger partial charge is 0.480 e. The van der Waals surface area contributed by atoms with Crippen LogP contribution in [-0.4, -0.2) is 143 Å². The van der Waals surface area contributed by atoms with Crippen LogP contribution in [0.2, 0.25) is 0 Å². The fraction of sp³-hybridized carbons (Fsp3) is 0.541. The molecule has 0 aromatic heterocycles. The lowest BCUT2D eigenvalue weighted by Crippen LogP contribution is -2.44. The molecule has 50 heavy (non-hydrogen) atoms. The van der Waals surface area contributed by atoms with Crippen LogP contribution < -0.4 is 5.32 Å². The van der Waals surface area contributed by atoms with E-state index in [0.717, 1.165) is 16.7 Å². The van der Waals surface area contributed by atoms with Crippen molar-refractivity contribution in [2.75, 3.05) is 72.5 Å². The normalized spacial score (nSPS) is 12.7. The summed E-state index contributed by atoms with van der Waals surface area (Å²) in [6, 6.07) is 14.5. The van der Waals surface area contributed by atoms with E-state index >= 15 is 0 Å². The molecule has 2 rings (SSSR count). The highest BCUT2D eigenvalue weighted by Crippen LogP contribution is 2.16. The van der Waals surface area contributed by atoms with E-state index in [9.17, 15) is 34.2 Å². The van der Waals surface area contributed by atoms with Gasteiger partial charge in [-0.15, -0.1) is 0 Å². The highest BCUT2D eigenvalue weighted by molar-refractivity contribution is 5.98. The van der Waals surface area contributed by atoms with Gasteiger partial charge in [0.2, 0.25) is 0 Å². The number of nitrogens with zero attached hydrogens (tertiary/aromatic N) is 4. The van der Waals surface area contributed by atoms with Gasteiger partial charge in [0.05, 0.1) is 25.7 Å². The Morgan fingerprint density at radius 3 is 1.78 bits per heavy atom. The van der Waals surface area contributed by atoms with E-state index in [1.54, 1.807) is 27.8 Å². The summed E-state index contributed by atoms with van der Waals surface area (Å²) in [4.78, 5) is 67.8. The minimum atomic E-state index is -1.02. The van der Waals surface area contributed by atoms with E-state index in [-0.39, 0.29) is 37.2 Å². The third kappa shape index (κ3) is 15.6. The first kappa shape index (κ1) is 42.0. The molecule has 0 spiro atoms. The molecule has 13 heteroatoms. The number of rotatable bonds is 25. The van der Waals surface area contributed by atoms with Crippen molar-refractivity contribution in [1.29, 1.82) is 0 Å². The molecule has 0 saturated carbocycles. The van der Waals surface area contributed by atoms with Gasteiger partial charge in [-0.3, -0.25) is 43.6 Å². The highest BCUT2D eigenvalue weighted by Gasteiger charge is 2.26. The fourth-order valence-electron chi connectivity index (χ4n) is 5.57. The zero-order valence-electron chi connectivity index (χ0n) is 30.1. The zero-order chi connectivity index (χ0) is 37.2. The molecule has 0 aliphatic heterocycles. The Labute approximate surface area is 295 Å². The van der Waals surface area contributed by atoms with Gasteiger partial charge in [-0.05, 0) is 62.2 Å². The third-order valence-corrected chi connectivity index (χ3v) is 8.86. The fourth-order valence-corrected chi connectivity index (χ4v) is 5.57. The topological polar surface area (TPSA) is 171 Å². The van der Waals surface area contributed by atoms with Crippen molar-refractivity contribution in [2.45, 2.75) is 53.1 Å². The lowest BCUT2D eigenvalue weighted by atomic mass is 9.92. The Bertz CT molecular complexity index is 1410. The summed E-state index contributed by atoms with van der Waals surface area (Å²) >= 11 is 0. The molecule has 0 aliphatic rings. The number of hydrogen-bond acceptors (Lipinski definition) is 9. The molecular weight excluding hydrogens is 642 g/mol. The van der Waals surface area contributed by atoms with E-state index in [2.05, 4.69) is 10.2 Å². The smallest absolute Gasteiger partial charge is 0.317 e. The predicted octanol–water partition coefficient (Wildman–Crippen LogP) is 2.56. The molecule has 2 unspecified atom stereocenters. The monoisotopic (exact) mass is 697 g/mol. The number of ketones is 1. The summed E-state index contributed by atoms with van der Waals surface area (Å²) in [7, 11) is 1.65. The maximum Gasteiger partial charge on any atom is 0.317 e. The Balaban J connectivity index is 2.05. The molecule has 0 saturated heterocycles. The number of aliphatic carboxylic acids is 3. The minimum absolute atomic E-state index is 0.00603. The molecule has 0 bridgehead atoms. The second-order valence-electron chi connectivity index (χ2n) is 12.9. The Hall–Kier alpha value is -4.17. The first-order chi connectivity index (χ1) is 23.7. The number of likely N-dealkylation sites (N-methyl/N-ethyl adjacent to an activating group) is 2. The average Bonchev–Trinajstić information content (AvgIpc) is 3.06. The van der Waals surface area contributed by atoms with Gasteiger partial charge in [-0.25, -0.2) is 0 Å². The van der Waals surface area contributed by atoms with Crippen LogP contribution >= 0.6 is 0 Å². The maximum absolute atomic E-state index is 13.4. The molecule has 1 amide bonds. The molecule has 0 aliphatic carbocycles. The van der Waals surface area contributed by atoms with E-state index in [0.29, 0.717) is 70.8 Å². The van der Waals surface area contributed by atoms with Crippen molar-refractivity contribution in [2.24, 2.45) is 5.92 Å². The predicted molar refractivity (Wildman–Crippen MR) is 191 cm³/mol. The molecule has 4 N–H and O–H groups in total. The number of carbonyl (C=O) groups is 5. The number of amides is 1. The van der Waals surface area contributed by atoms with E-state index in [1.807, 2.05) is 70.2 Å². The number of carbonyl (C=O) groups excluding carboxylic acids is 2. The van der Waals surface area contributed by atoms with Crippen LogP contribution in [0.15, 0.2) is 48.5 Å². The van der Waals surface area contributed by atoms with Crippen LogP contribution in [-0.2, 0) is 32.1 Å². The summed E-state index contributed by atoms with van der Waals surface area (Å²) < 4.78 is 0. The average molecular weight is 698 g/mol. The number of aryl methyl sites for hydroxylation is 1. The highest BCUT2D eigenvalue weighted by atomic mass is 16.4. The van der Waals surface area contributed by atoms with Gasteiger partial charge in [-0.2, -0.15) is 0 Å². The maximum atomic E-state index is 13.4. The van der Waals surface area contributed by atoms with Crippen molar-refractivity contribution in [3.63, 3.8) is 0 Å². The Morgan fingerprint density at radius 1 is 0.740 bits per heavy atom. The van der Waals surface area contributed by atoms with E-state index in [4.69, 9.17) is 5.11 Å². The Morgan fingerprint density at radius 2 is 1.28 bits per heavy atom. The van der Waals surface area contributed by atoms with Gasteiger partial charge >= 0.3 is 17.9 Å². The summed E-state index contributed by atoms with van der Waals surface area (Å²) in [6.45, 7) is 10.8. The van der Waals surface area contributed by atoms with Crippen molar-refractivity contribution < 1.29 is 39.3 Å². The van der Waals surface area contributed by atoms with Gasteiger partial charge in [-0.1, -0.05) is 57.2 Å². The second-order valence-corrected chi connectivity index (χ2v) is 12.9. The number of hydrogen-bond donors (Lipinski definition) is 4. The molecule has 0 heterocycles. The summed E-state index contributed by atoms with van der Waals surface area (Å²) in [6.07, 6.45) is 1.10. The lowest BCUT2D eigenvalue weighted by molar-refractivity contribution is -0.140. The summed E-state index contributed by atoms with van der Waals surface area (Å²) in [5, 5.41) is 30.9. The van der Waals surface area contributed by atoms with E-state index in [1.165, 1.54) is 0 Å². The van der Waals surface area contributed by atoms with Crippen LogP contribution in [0.25, 0.3) is 0 Å². The SMILES string of the molecule is CCC(C)C(=O)C(Cc1ccccc1)NC(=O)c1ccc(CN(CC)CCN(CCN(CCN(C)CC(=O)O)CC(=O)O)CC(=O)O)c(C)c1. The van der Waals surface area contributed by atoms with Crippen molar-refractivity contribution >= 4 is 29.6 Å². The van der Waals surface area contributed by atoms with Gasteiger partial charge in [0.1, 0.15) is 0 Å². The van der Waals surface area contributed by atoms with Gasteiger partial charge in [0, 0.05) is 57.3 Å². The molecule has 0 fully saturated rings. The van der Waals surface area contributed by atoms with Gasteiger partial charge in [0.25, 0.3) is 5.91 Å². The third-order valence-electron chi connectivity index (χ3n) is 8.86. The molecule has 2 aromatic rings. The first-order valence-electron chi connectivity index (χ1n) is 17.2. The van der Waals surface area contributed by atoms with Crippen molar-refractivity contribution in [1.82, 2.24) is 24.9 Å². The summed E-state index contributed by atoms with van der Waals surface area (Å²) in [5.41, 5.74) is 3.38. The molecule has 276 valence electrons. The number of carboxylic acid groups (broad SMARTS) is 3. The van der Waals surface area contributed by atoms with Gasteiger partial charge < -0.3 is 20.6 Å². The molecule has 0 radical (unpaired) electrons. The van der Waals surface area contributed by atoms with Crippen LogP contribution in [0.5, 0.6) is 0 Å². The Kier molecular flexibility index (Phi) is 18.3. The number of nitrogens with one attached hydrogen (secondary N) is 1. The van der Waals surface area contributed by atoms with Crippen LogP contribution in [0.1, 0.15) is 54.2 Å². The van der Waals surface area contributed by atoms with Crippen LogP contribution in [0.3, 0.4) is 0 Å². The van der Waals surface area contributed by atoms with Crippen LogP contribution in [0, 0.1) is 12.8 Å². The minimum Gasteiger partial charge on any atom is -0.480 e.